The Morgan fingerprint density at radius 1 is 1.00 bits per heavy atom. The minimum atomic E-state index is -3.51. The lowest BCUT2D eigenvalue weighted by molar-refractivity contribution is -0.119. The summed E-state index contributed by atoms with van der Waals surface area (Å²) in [6.45, 7) is 0.746. The van der Waals surface area contributed by atoms with Crippen molar-refractivity contribution < 1.29 is 22.8 Å². The van der Waals surface area contributed by atoms with Gasteiger partial charge in [-0.25, -0.2) is 8.42 Å². The molecule has 0 aliphatic carbocycles. The highest BCUT2D eigenvalue weighted by Gasteiger charge is 2.39. The summed E-state index contributed by atoms with van der Waals surface area (Å²) >= 11 is 7.03. The number of anilines is 1. The molecule has 4 rings (SSSR count). The number of nitrogens with zero attached hydrogens (tertiary/aromatic N) is 2. The van der Waals surface area contributed by atoms with Gasteiger partial charge in [-0.05, 0) is 49.2 Å². The predicted molar refractivity (Wildman–Crippen MR) is 131 cm³/mol. The molecule has 12 heteroatoms. The van der Waals surface area contributed by atoms with Gasteiger partial charge in [0.05, 0.1) is 27.6 Å². The molecule has 2 fully saturated rings. The van der Waals surface area contributed by atoms with Gasteiger partial charge in [0.25, 0.3) is 11.8 Å². The second-order valence-electron chi connectivity index (χ2n) is 8.39. The third kappa shape index (κ3) is 5.60. The Bertz CT molecular complexity index is 1200. The van der Waals surface area contributed by atoms with Crippen molar-refractivity contribution in [1.29, 1.82) is 0 Å². The molecule has 9 nitrogen and oxygen atoms in total. The van der Waals surface area contributed by atoms with E-state index in [1.165, 1.54) is 4.31 Å². The van der Waals surface area contributed by atoms with Gasteiger partial charge in [-0.15, -0.1) is 11.3 Å². The van der Waals surface area contributed by atoms with Crippen LogP contribution in [0.2, 0.25) is 4.34 Å². The number of piperidine rings is 1. The first kappa shape index (κ1) is 24.6. The molecular formula is C22H25ClN4O5S2. The Morgan fingerprint density at radius 3 is 2.21 bits per heavy atom. The van der Waals surface area contributed by atoms with Crippen molar-refractivity contribution in [2.45, 2.75) is 31.3 Å². The first-order chi connectivity index (χ1) is 16.1. The van der Waals surface area contributed by atoms with Crippen LogP contribution < -0.4 is 15.5 Å². The average molecular weight is 525 g/mol. The summed E-state index contributed by atoms with van der Waals surface area (Å²) in [5.74, 6) is -0.705. The van der Waals surface area contributed by atoms with Crippen molar-refractivity contribution in [3.63, 3.8) is 0 Å². The number of carbonyl (C=O) groups excluding carboxylic acids is 3. The van der Waals surface area contributed by atoms with Crippen LogP contribution in [0.5, 0.6) is 0 Å². The van der Waals surface area contributed by atoms with Crippen LogP contribution in [-0.2, 0) is 14.8 Å². The maximum Gasteiger partial charge on any atom is 0.261 e. The lowest BCUT2D eigenvalue weighted by atomic mass is 10.1. The Morgan fingerprint density at radius 2 is 1.65 bits per heavy atom. The van der Waals surface area contributed by atoms with E-state index in [-0.39, 0.29) is 24.9 Å². The van der Waals surface area contributed by atoms with Crippen LogP contribution in [0.4, 0.5) is 5.69 Å². The second-order valence-corrected chi connectivity index (χ2v) is 12.1. The fraction of sp³-hybridized carbons (Fsp3) is 0.409. The fourth-order valence-electron chi connectivity index (χ4n) is 4.13. The molecule has 3 amide bonds. The van der Waals surface area contributed by atoms with Crippen LogP contribution in [0.15, 0.2) is 36.4 Å². The molecule has 0 bridgehead atoms. The minimum Gasteiger partial charge on any atom is -0.346 e. The summed E-state index contributed by atoms with van der Waals surface area (Å²) in [4.78, 5) is 39.8. The highest BCUT2D eigenvalue weighted by Crippen LogP contribution is 2.23. The first-order valence-corrected chi connectivity index (χ1v) is 13.9. The lowest BCUT2D eigenvalue weighted by Crippen LogP contribution is -2.50. The Hall–Kier alpha value is -2.47. The van der Waals surface area contributed by atoms with Crippen molar-refractivity contribution in [3.8, 4) is 0 Å². The van der Waals surface area contributed by atoms with Gasteiger partial charge in [0.15, 0.2) is 0 Å². The van der Waals surface area contributed by atoms with Crippen LogP contribution in [0.25, 0.3) is 0 Å². The van der Waals surface area contributed by atoms with Gasteiger partial charge in [-0.2, -0.15) is 4.31 Å². The van der Waals surface area contributed by atoms with Gasteiger partial charge in [0.1, 0.15) is 0 Å². The maximum atomic E-state index is 12.9. The number of sulfonamides is 1. The van der Waals surface area contributed by atoms with Crippen molar-refractivity contribution in [2.75, 3.05) is 30.8 Å². The summed E-state index contributed by atoms with van der Waals surface area (Å²) < 4.78 is 25.9. The van der Waals surface area contributed by atoms with Gasteiger partial charge in [0, 0.05) is 37.3 Å². The van der Waals surface area contributed by atoms with E-state index in [1.54, 1.807) is 41.3 Å². The smallest absolute Gasteiger partial charge is 0.261 e. The SMILES string of the molecule is CS(=O)(=O)N1C[C@H](NC(=O)c2ccc(N3CCCCC3=O)cc2)[C@H](NC(=O)c2ccc(Cl)s2)C1. The molecule has 0 radical (unpaired) electrons. The molecule has 2 atom stereocenters. The summed E-state index contributed by atoms with van der Waals surface area (Å²) in [5.41, 5.74) is 1.12. The van der Waals surface area contributed by atoms with Gasteiger partial charge in [-0.1, -0.05) is 11.6 Å². The first-order valence-electron chi connectivity index (χ1n) is 10.8. The number of thiophene rings is 1. The molecule has 2 saturated heterocycles. The maximum absolute atomic E-state index is 12.9. The zero-order valence-corrected chi connectivity index (χ0v) is 20.9. The number of halogens is 1. The second kappa shape index (κ2) is 10.0. The molecule has 2 aliphatic heterocycles. The van der Waals surface area contributed by atoms with Gasteiger partial charge in [-0.3, -0.25) is 14.4 Å². The van der Waals surface area contributed by atoms with Crippen LogP contribution in [-0.4, -0.2) is 68.4 Å². The molecule has 182 valence electrons. The van der Waals surface area contributed by atoms with E-state index in [9.17, 15) is 22.8 Å². The minimum absolute atomic E-state index is 0.0427. The molecule has 3 heterocycles. The summed E-state index contributed by atoms with van der Waals surface area (Å²) in [7, 11) is -3.51. The summed E-state index contributed by atoms with van der Waals surface area (Å²) in [6, 6.07) is 8.70. The normalized spacial score (nSPS) is 21.5. The quantitative estimate of drug-likeness (QED) is 0.600. The van der Waals surface area contributed by atoms with E-state index in [0.29, 0.717) is 27.7 Å². The van der Waals surface area contributed by atoms with Crippen LogP contribution >= 0.6 is 22.9 Å². The number of nitrogens with one attached hydrogen (secondary N) is 2. The molecular weight excluding hydrogens is 500 g/mol. The van der Waals surface area contributed by atoms with Crippen molar-refractivity contribution in [1.82, 2.24) is 14.9 Å². The average Bonchev–Trinajstić information content (AvgIpc) is 3.40. The number of hydrogen-bond donors (Lipinski definition) is 2. The highest BCUT2D eigenvalue weighted by molar-refractivity contribution is 7.88. The molecule has 2 aliphatic rings. The van der Waals surface area contributed by atoms with E-state index >= 15 is 0 Å². The monoisotopic (exact) mass is 524 g/mol. The van der Waals surface area contributed by atoms with Crippen LogP contribution in [0.3, 0.4) is 0 Å². The number of rotatable bonds is 6. The molecule has 0 spiro atoms. The summed E-state index contributed by atoms with van der Waals surface area (Å²) in [6.07, 6.45) is 3.44. The Kier molecular flexibility index (Phi) is 7.27. The highest BCUT2D eigenvalue weighted by atomic mass is 35.5. The van der Waals surface area contributed by atoms with Crippen LogP contribution in [0, 0.1) is 0 Å². The van der Waals surface area contributed by atoms with E-state index in [0.717, 1.165) is 36.1 Å². The van der Waals surface area contributed by atoms with Crippen LogP contribution in [0.1, 0.15) is 39.3 Å². The number of carbonyl (C=O) groups is 3. The number of amides is 3. The molecule has 2 N–H and O–H groups in total. The van der Waals surface area contributed by atoms with Gasteiger partial charge in [0.2, 0.25) is 15.9 Å². The van der Waals surface area contributed by atoms with E-state index < -0.39 is 28.0 Å². The largest absolute Gasteiger partial charge is 0.346 e. The Labute approximate surface area is 207 Å². The molecule has 0 saturated carbocycles. The molecule has 2 aromatic rings. The van der Waals surface area contributed by atoms with E-state index in [2.05, 4.69) is 10.6 Å². The third-order valence-corrected chi connectivity index (χ3v) is 8.42. The van der Waals surface area contributed by atoms with E-state index in [4.69, 9.17) is 11.6 Å². The van der Waals surface area contributed by atoms with Gasteiger partial charge < -0.3 is 15.5 Å². The topological polar surface area (TPSA) is 116 Å². The lowest BCUT2D eigenvalue weighted by Gasteiger charge is -2.27. The predicted octanol–water partition coefficient (Wildman–Crippen LogP) is 2.09. The number of hydrogen-bond acceptors (Lipinski definition) is 6. The fourth-order valence-corrected chi connectivity index (χ4v) is 5.94. The van der Waals surface area contributed by atoms with Crippen molar-refractivity contribution in [3.05, 3.63) is 51.2 Å². The van der Waals surface area contributed by atoms with Gasteiger partial charge >= 0.3 is 0 Å². The number of benzene rings is 1. The van der Waals surface area contributed by atoms with E-state index in [1.807, 2.05) is 0 Å². The Balaban J connectivity index is 1.46. The molecule has 0 unspecified atom stereocenters. The molecule has 1 aromatic carbocycles. The zero-order chi connectivity index (χ0) is 24.5. The van der Waals surface area contributed by atoms with Crippen molar-refractivity contribution in [2.24, 2.45) is 0 Å². The molecule has 1 aromatic heterocycles. The zero-order valence-electron chi connectivity index (χ0n) is 18.5. The standard InChI is InChI=1S/C22H25ClN4O5S2/c1-34(31,32)26-12-16(17(13-26)25-22(30)18-9-10-19(23)33-18)24-21(29)14-5-7-15(8-6-14)27-11-3-2-4-20(27)28/h5-10,16-17H,2-4,11-13H2,1H3,(H,24,29)(H,25,30)/t16-,17+/m0/s1. The summed E-state index contributed by atoms with van der Waals surface area (Å²) in [5, 5.41) is 5.68. The van der Waals surface area contributed by atoms with Crippen molar-refractivity contribution >= 4 is 56.4 Å². The molecule has 34 heavy (non-hydrogen) atoms. The third-order valence-electron chi connectivity index (χ3n) is 5.95.